The molecule has 1 N–H and O–H groups in total. The molecule has 1 saturated heterocycles. The predicted molar refractivity (Wildman–Crippen MR) is 105 cm³/mol. The van der Waals surface area contributed by atoms with E-state index in [9.17, 15) is 4.79 Å². The Hall–Kier alpha value is -2.04. The van der Waals surface area contributed by atoms with Crippen LogP contribution in [0.1, 0.15) is 12.0 Å². The van der Waals surface area contributed by atoms with Crippen LogP contribution in [0.3, 0.4) is 0 Å². The second-order valence-electron chi connectivity index (χ2n) is 6.42. The molecule has 0 saturated carbocycles. The first kappa shape index (κ1) is 17.8. The van der Waals surface area contributed by atoms with Gasteiger partial charge in [-0.05, 0) is 36.8 Å². The fourth-order valence-electron chi connectivity index (χ4n) is 3.09. The molecule has 0 bridgehead atoms. The van der Waals surface area contributed by atoms with E-state index in [0.717, 1.165) is 49.0 Å². The second-order valence-corrected chi connectivity index (χ2v) is 6.86. The van der Waals surface area contributed by atoms with E-state index in [0.29, 0.717) is 6.42 Å². The number of nitrogens with zero attached hydrogens (tertiary/aromatic N) is 2. The maximum Gasteiger partial charge on any atom is 0.225 e. The van der Waals surface area contributed by atoms with Gasteiger partial charge in [-0.15, -0.1) is 0 Å². The minimum atomic E-state index is 0.0755. The molecule has 25 heavy (non-hydrogen) atoms. The number of anilines is 2. The van der Waals surface area contributed by atoms with Gasteiger partial charge in [0.2, 0.25) is 5.91 Å². The van der Waals surface area contributed by atoms with Crippen molar-refractivity contribution < 1.29 is 4.79 Å². The lowest BCUT2D eigenvalue weighted by Crippen LogP contribution is -2.47. The summed E-state index contributed by atoms with van der Waals surface area (Å²) in [5, 5.41) is 3.77. The number of carbonyl (C=O) groups excluding carboxylic acids is 1. The number of hydrogen-bond acceptors (Lipinski definition) is 3. The van der Waals surface area contributed by atoms with Crippen molar-refractivity contribution in [1.29, 1.82) is 0 Å². The Bertz CT molecular complexity index is 726. The first-order valence-electron chi connectivity index (χ1n) is 8.70. The summed E-state index contributed by atoms with van der Waals surface area (Å²) in [6.07, 6.45) is 0.519. The molecular formula is C20H24ClN3O. The molecule has 0 spiro atoms. The first-order valence-corrected chi connectivity index (χ1v) is 9.08. The van der Waals surface area contributed by atoms with Crippen LogP contribution < -0.4 is 10.2 Å². The third-order valence-electron chi connectivity index (χ3n) is 4.62. The van der Waals surface area contributed by atoms with Crippen molar-refractivity contribution >= 4 is 28.9 Å². The Kier molecular flexibility index (Phi) is 5.95. The minimum absolute atomic E-state index is 0.0755. The number of aryl methyl sites for hydroxylation is 1. The summed E-state index contributed by atoms with van der Waals surface area (Å²) in [4.78, 5) is 16.9. The fourth-order valence-corrected chi connectivity index (χ4v) is 3.27. The van der Waals surface area contributed by atoms with Gasteiger partial charge in [0.05, 0.1) is 0 Å². The van der Waals surface area contributed by atoms with Crippen molar-refractivity contribution in [1.82, 2.24) is 4.90 Å². The van der Waals surface area contributed by atoms with Gasteiger partial charge in [0.15, 0.2) is 0 Å². The lowest BCUT2D eigenvalue weighted by molar-refractivity contribution is -0.116. The van der Waals surface area contributed by atoms with E-state index in [1.165, 1.54) is 5.69 Å². The Labute approximate surface area is 154 Å². The van der Waals surface area contributed by atoms with Gasteiger partial charge in [-0.1, -0.05) is 35.9 Å². The molecule has 5 heteroatoms. The van der Waals surface area contributed by atoms with E-state index < -0.39 is 0 Å². The summed E-state index contributed by atoms with van der Waals surface area (Å²) >= 11 is 6.07. The Morgan fingerprint density at radius 3 is 2.56 bits per heavy atom. The second kappa shape index (κ2) is 8.37. The highest BCUT2D eigenvalue weighted by Crippen LogP contribution is 2.21. The number of rotatable bonds is 5. The van der Waals surface area contributed by atoms with E-state index in [2.05, 4.69) is 21.2 Å². The van der Waals surface area contributed by atoms with Crippen molar-refractivity contribution in [3.8, 4) is 0 Å². The van der Waals surface area contributed by atoms with Crippen LogP contribution in [0.25, 0.3) is 0 Å². The van der Waals surface area contributed by atoms with Crippen LogP contribution in [-0.2, 0) is 4.79 Å². The summed E-state index contributed by atoms with van der Waals surface area (Å²) in [5.74, 6) is 0.0755. The first-order chi connectivity index (χ1) is 12.1. The number of para-hydroxylation sites is 1. The van der Waals surface area contributed by atoms with Crippen LogP contribution in [0, 0.1) is 6.92 Å². The van der Waals surface area contributed by atoms with Crippen LogP contribution in [0.2, 0.25) is 5.02 Å². The number of amides is 1. The zero-order valence-corrected chi connectivity index (χ0v) is 15.3. The Balaban J connectivity index is 1.43. The monoisotopic (exact) mass is 357 g/mol. The molecule has 1 aliphatic rings. The molecule has 0 atom stereocenters. The predicted octanol–water partition coefficient (Wildman–Crippen LogP) is 3.80. The summed E-state index contributed by atoms with van der Waals surface area (Å²) in [6.45, 7) is 6.64. The van der Waals surface area contributed by atoms with Gasteiger partial charge in [-0.3, -0.25) is 9.69 Å². The highest BCUT2D eigenvalue weighted by Gasteiger charge is 2.18. The molecule has 3 rings (SSSR count). The SMILES string of the molecule is Cc1ccccc1NC(=O)CCN1CCN(c2cccc(Cl)c2)CC1. The third kappa shape index (κ3) is 4.97. The fraction of sp³-hybridized carbons (Fsp3) is 0.350. The van der Waals surface area contributed by atoms with E-state index in [-0.39, 0.29) is 5.91 Å². The molecule has 2 aromatic carbocycles. The van der Waals surface area contributed by atoms with Gasteiger partial charge >= 0.3 is 0 Å². The van der Waals surface area contributed by atoms with Crippen molar-refractivity contribution in [2.75, 3.05) is 42.9 Å². The van der Waals surface area contributed by atoms with Gasteiger partial charge in [-0.2, -0.15) is 0 Å². The van der Waals surface area contributed by atoms with Crippen molar-refractivity contribution in [3.05, 3.63) is 59.1 Å². The van der Waals surface area contributed by atoms with E-state index in [1.807, 2.05) is 49.4 Å². The van der Waals surface area contributed by atoms with Crippen LogP contribution in [0.4, 0.5) is 11.4 Å². The Morgan fingerprint density at radius 1 is 1.08 bits per heavy atom. The lowest BCUT2D eigenvalue weighted by Gasteiger charge is -2.36. The summed E-state index contributed by atoms with van der Waals surface area (Å²) in [5.41, 5.74) is 3.16. The lowest BCUT2D eigenvalue weighted by atomic mass is 10.2. The highest BCUT2D eigenvalue weighted by molar-refractivity contribution is 6.30. The number of benzene rings is 2. The standard InChI is InChI=1S/C20H24ClN3O/c1-16-5-2-3-8-19(16)22-20(25)9-10-23-11-13-24(14-12-23)18-7-4-6-17(21)15-18/h2-8,15H,9-14H2,1H3,(H,22,25). The summed E-state index contributed by atoms with van der Waals surface area (Å²) in [6, 6.07) is 15.8. The molecule has 1 fully saturated rings. The van der Waals surface area contributed by atoms with Gasteiger partial charge < -0.3 is 10.2 Å². The van der Waals surface area contributed by atoms with Crippen molar-refractivity contribution in [2.45, 2.75) is 13.3 Å². The molecule has 1 aliphatic heterocycles. The van der Waals surface area contributed by atoms with Crippen LogP contribution in [0.15, 0.2) is 48.5 Å². The number of nitrogens with one attached hydrogen (secondary N) is 1. The van der Waals surface area contributed by atoms with E-state index in [1.54, 1.807) is 0 Å². The number of halogens is 1. The van der Waals surface area contributed by atoms with E-state index in [4.69, 9.17) is 11.6 Å². The van der Waals surface area contributed by atoms with Gasteiger partial charge in [0.25, 0.3) is 0 Å². The summed E-state index contributed by atoms with van der Waals surface area (Å²) < 4.78 is 0. The number of piperazine rings is 1. The quantitative estimate of drug-likeness (QED) is 0.884. The average molecular weight is 358 g/mol. The number of hydrogen-bond donors (Lipinski definition) is 1. The maximum absolute atomic E-state index is 12.2. The minimum Gasteiger partial charge on any atom is -0.369 e. The Morgan fingerprint density at radius 2 is 1.84 bits per heavy atom. The largest absolute Gasteiger partial charge is 0.369 e. The topological polar surface area (TPSA) is 35.6 Å². The van der Waals surface area contributed by atoms with Crippen LogP contribution in [0.5, 0.6) is 0 Å². The summed E-state index contributed by atoms with van der Waals surface area (Å²) in [7, 11) is 0. The highest BCUT2D eigenvalue weighted by atomic mass is 35.5. The van der Waals surface area contributed by atoms with Crippen molar-refractivity contribution in [3.63, 3.8) is 0 Å². The molecule has 0 radical (unpaired) electrons. The third-order valence-corrected chi connectivity index (χ3v) is 4.85. The van der Waals surface area contributed by atoms with Gasteiger partial charge in [-0.25, -0.2) is 0 Å². The molecule has 0 aromatic heterocycles. The van der Waals surface area contributed by atoms with Crippen molar-refractivity contribution in [2.24, 2.45) is 0 Å². The average Bonchev–Trinajstić information content (AvgIpc) is 2.62. The molecular weight excluding hydrogens is 334 g/mol. The molecule has 0 aliphatic carbocycles. The molecule has 1 heterocycles. The molecule has 1 amide bonds. The molecule has 132 valence electrons. The normalized spacial score (nSPS) is 15.2. The molecule has 0 unspecified atom stereocenters. The smallest absolute Gasteiger partial charge is 0.225 e. The van der Waals surface area contributed by atoms with Gasteiger partial charge in [0, 0.05) is 55.5 Å². The van der Waals surface area contributed by atoms with Crippen LogP contribution in [-0.4, -0.2) is 43.5 Å². The number of carbonyl (C=O) groups is 1. The molecule has 4 nitrogen and oxygen atoms in total. The zero-order chi connectivity index (χ0) is 17.6. The van der Waals surface area contributed by atoms with Crippen LogP contribution >= 0.6 is 11.6 Å². The maximum atomic E-state index is 12.2. The zero-order valence-electron chi connectivity index (χ0n) is 14.5. The molecule has 2 aromatic rings. The van der Waals surface area contributed by atoms with E-state index >= 15 is 0 Å². The van der Waals surface area contributed by atoms with Gasteiger partial charge in [0.1, 0.15) is 0 Å².